The Bertz CT molecular complexity index is 524. The fraction of sp³-hybridized carbons (Fsp3) is 0.231. The van der Waals surface area contributed by atoms with Gasteiger partial charge in [-0.05, 0) is 75.3 Å². The summed E-state index contributed by atoms with van der Waals surface area (Å²) in [6, 6.07) is 10.1. The zero-order valence-electron chi connectivity index (χ0n) is 9.41. The zero-order chi connectivity index (χ0) is 12.4. The van der Waals surface area contributed by atoms with E-state index in [2.05, 4.69) is 50.7 Å². The van der Waals surface area contributed by atoms with Crippen molar-refractivity contribution in [2.24, 2.45) is 5.73 Å². The molecule has 0 fully saturated rings. The number of hydrogen-bond donors (Lipinski definition) is 1. The Kier molecular flexibility index (Phi) is 4.27. The molecule has 1 aromatic carbocycles. The molecule has 0 aliphatic carbocycles. The number of benzene rings is 1. The maximum atomic E-state index is 5.94. The van der Waals surface area contributed by atoms with E-state index in [4.69, 9.17) is 10.2 Å². The van der Waals surface area contributed by atoms with Crippen molar-refractivity contribution in [2.45, 2.75) is 19.4 Å². The summed E-state index contributed by atoms with van der Waals surface area (Å²) in [5, 5.41) is 0. The van der Waals surface area contributed by atoms with E-state index >= 15 is 0 Å². The summed E-state index contributed by atoms with van der Waals surface area (Å²) in [7, 11) is 0. The van der Waals surface area contributed by atoms with Crippen LogP contribution in [0.3, 0.4) is 0 Å². The molecule has 2 rings (SSSR count). The molecule has 0 aliphatic rings. The maximum absolute atomic E-state index is 5.94. The van der Waals surface area contributed by atoms with Gasteiger partial charge in [0.2, 0.25) is 0 Å². The van der Waals surface area contributed by atoms with Gasteiger partial charge in [-0.3, -0.25) is 0 Å². The quantitative estimate of drug-likeness (QED) is 0.750. The number of rotatable bonds is 3. The van der Waals surface area contributed by atoms with Crippen LogP contribution >= 0.6 is 38.5 Å². The summed E-state index contributed by atoms with van der Waals surface area (Å²) >= 11 is 5.83. The average molecular weight is 406 g/mol. The van der Waals surface area contributed by atoms with Crippen LogP contribution in [0.25, 0.3) is 11.3 Å². The van der Waals surface area contributed by atoms with Gasteiger partial charge in [0.1, 0.15) is 11.5 Å². The monoisotopic (exact) mass is 405 g/mol. The summed E-state index contributed by atoms with van der Waals surface area (Å²) < 4.78 is 8.01. The van der Waals surface area contributed by atoms with Gasteiger partial charge in [0.05, 0.1) is 6.04 Å². The molecule has 0 amide bonds. The van der Waals surface area contributed by atoms with Crippen LogP contribution in [0.15, 0.2) is 39.2 Å². The molecule has 1 aromatic heterocycles. The first kappa shape index (κ1) is 13.1. The van der Waals surface area contributed by atoms with Crippen LogP contribution in [0.1, 0.15) is 25.1 Å². The fourth-order valence-corrected chi connectivity index (χ4v) is 3.08. The standard InChI is InChI=1S/C13H13BrINO/c1-2-11(16)13-6-5-12(17-13)9-4-3-8(15)7-10(9)14/h3-7,11H,2,16H2,1H3. The largest absolute Gasteiger partial charge is 0.459 e. The molecule has 1 heterocycles. The second kappa shape index (κ2) is 5.54. The van der Waals surface area contributed by atoms with Crippen molar-refractivity contribution in [2.75, 3.05) is 0 Å². The molecule has 0 aliphatic heterocycles. The molecule has 0 bridgehead atoms. The van der Waals surface area contributed by atoms with Crippen LogP contribution in [0.4, 0.5) is 0 Å². The molecule has 0 saturated heterocycles. The van der Waals surface area contributed by atoms with Gasteiger partial charge >= 0.3 is 0 Å². The van der Waals surface area contributed by atoms with Crippen LogP contribution in [0.2, 0.25) is 0 Å². The second-order valence-electron chi connectivity index (χ2n) is 3.84. The van der Waals surface area contributed by atoms with E-state index in [1.807, 2.05) is 25.1 Å². The molecule has 2 nitrogen and oxygen atoms in total. The van der Waals surface area contributed by atoms with Crippen molar-refractivity contribution < 1.29 is 4.42 Å². The molecule has 2 aromatic rings. The van der Waals surface area contributed by atoms with Crippen LogP contribution in [-0.4, -0.2) is 0 Å². The van der Waals surface area contributed by atoms with Gasteiger partial charge in [0.25, 0.3) is 0 Å². The predicted molar refractivity (Wildman–Crippen MR) is 81.8 cm³/mol. The van der Waals surface area contributed by atoms with Gasteiger partial charge in [0, 0.05) is 13.6 Å². The lowest BCUT2D eigenvalue weighted by atomic mass is 10.2. The minimum atomic E-state index is -0.0219. The smallest absolute Gasteiger partial charge is 0.135 e. The van der Waals surface area contributed by atoms with E-state index in [1.54, 1.807) is 0 Å². The first-order valence-electron chi connectivity index (χ1n) is 5.42. The van der Waals surface area contributed by atoms with E-state index in [9.17, 15) is 0 Å². The molecule has 0 spiro atoms. The van der Waals surface area contributed by atoms with Crippen molar-refractivity contribution in [3.05, 3.63) is 44.1 Å². The number of hydrogen-bond acceptors (Lipinski definition) is 2. The van der Waals surface area contributed by atoms with E-state index < -0.39 is 0 Å². The summed E-state index contributed by atoms with van der Waals surface area (Å²) in [4.78, 5) is 0. The Hall–Kier alpha value is -0.330. The average Bonchev–Trinajstić information content (AvgIpc) is 2.77. The van der Waals surface area contributed by atoms with E-state index in [-0.39, 0.29) is 6.04 Å². The Morgan fingerprint density at radius 1 is 1.35 bits per heavy atom. The third-order valence-corrected chi connectivity index (χ3v) is 3.96. The third kappa shape index (κ3) is 2.92. The molecule has 90 valence electrons. The van der Waals surface area contributed by atoms with Crippen LogP contribution in [-0.2, 0) is 0 Å². The van der Waals surface area contributed by atoms with Gasteiger partial charge in [-0.1, -0.05) is 6.92 Å². The Labute approximate surface area is 123 Å². The second-order valence-corrected chi connectivity index (χ2v) is 5.94. The first-order valence-corrected chi connectivity index (χ1v) is 7.29. The van der Waals surface area contributed by atoms with Gasteiger partial charge < -0.3 is 10.2 Å². The predicted octanol–water partition coefficient (Wildman–Crippen LogP) is 4.72. The lowest BCUT2D eigenvalue weighted by Crippen LogP contribution is -2.06. The van der Waals surface area contributed by atoms with E-state index in [0.29, 0.717) is 0 Å². The normalized spacial score (nSPS) is 12.7. The highest BCUT2D eigenvalue weighted by Crippen LogP contribution is 2.32. The Morgan fingerprint density at radius 3 is 2.76 bits per heavy atom. The number of nitrogens with two attached hydrogens (primary N) is 1. The first-order chi connectivity index (χ1) is 8.11. The highest BCUT2D eigenvalue weighted by atomic mass is 127. The molecule has 0 radical (unpaired) electrons. The van der Waals surface area contributed by atoms with Gasteiger partial charge in [-0.15, -0.1) is 0 Å². The minimum Gasteiger partial charge on any atom is -0.459 e. The van der Waals surface area contributed by atoms with Crippen LogP contribution < -0.4 is 5.73 Å². The van der Waals surface area contributed by atoms with Crippen molar-refractivity contribution in [3.63, 3.8) is 0 Å². The van der Waals surface area contributed by atoms with Crippen molar-refractivity contribution >= 4 is 38.5 Å². The minimum absolute atomic E-state index is 0.0219. The summed E-state index contributed by atoms with van der Waals surface area (Å²) in [5.41, 5.74) is 7.00. The molecular weight excluding hydrogens is 393 g/mol. The summed E-state index contributed by atoms with van der Waals surface area (Å²) in [5.74, 6) is 1.69. The third-order valence-electron chi connectivity index (χ3n) is 2.63. The Balaban J connectivity index is 2.37. The van der Waals surface area contributed by atoms with Crippen LogP contribution in [0, 0.1) is 3.57 Å². The van der Waals surface area contributed by atoms with Crippen molar-refractivity contribution in [3.8, 4) is 11.3 Å². The van der Waals surface area contributed by atoms with Gasteiger partial charge in [-0.25, -0.2) is 0 Å². The maximum Gasteiger partial charge on any atom is 0.135 e. The molecule has 4 heteroatoms. The SMILES string of the molecule is CCC(N)c1ccc(-c2ccc(I)cc2Br)o1. The van der Waals surface area contributed by atoms with Crippen LogP contribution in [0.5, 0.6) is 0 Å². The lowest BCUT2D eigenvalue weighted by molar-refractivity contribution is 0.470. The molecule has 17 heavy (non-hydrogen) atoms. The highest BCUT2D eigenvalue weighted by molar-refractivity contribution is 14.1. The zero-order valence-corrected chi connectivity index (χ0v) is 13.2. The topological polar surface area (TPSA) is 39.2 Å². The fourth-order valence-electron chi connectivity index (χ4n) is 1.59. The van der Waals surface area contributed by atoms with Gasteiger partial charge in [0.15, 0.2) is 0 Å². The molecule has 1 atom stereocenters. The summed E-state index contributed by atoms with van der Waals surface area (Å²) in [6.07, 6.45) is 0.876. The molecule has 0 saturated carbocycles. The molecule has 1 unspecified atom stereocenters. The number of halogens is 2. The molecular formula is C13H13BrINO. The van der Waals surface area contributed by atoms with E-state index in [0.717, 1.165) is 28.0 Å². The lowest BCUT2D eigenvalue weighted by Gasteiger charge is -2.05. The molecule has 2 N–H and O–H groups in total. The van der Waals surface area contributed by atoms with E-state index in [1.165, 1.54) is 3.57 Å². The van der Waals surface area contributed by atoms with Gasteiger partial charge in [-0.2, -0.15) is 0 Å². The summed E-state index contributed by atoms with van der Waals surface area (Å²) in [6.45, 7) is 2.05. The number of furan rings is 1. The Morgan fingerprint density at radius 2 is 2.12 bits per heavy atom. The highest BCUT2D eigenvalue weighted by Gasteiger charge is 2.12. The van der Waals surface area contributed by atoms with Crippen molar-refractivity contribution in [1.29, 1.82) is 0 Å². The van der Waals surface area contributed by atoms with Crippen molar-refractivity contribution in [1.82, 2.24) is 0 Å².